The molecular weight excluding hydrogens is 210 g/mol. The summed E-state index contributed by atoms with van der Waals surface area (Å²) in [5.74, 6) is 0. The Hall–Kier alpha value is -2.09. The SMILES string of the molecule is CCO[n+]1ccccc1C=Cc1ccccc1. The van der Waals surface area contributed by atoms with Crippen LogP contribution in [0.5, 0.6) is 0 Å². The molecule has 0 saturated heterocycles. The summed E-state index contributed by atoms with van der Waals surface area (Å²) >= 11 is 0. The van der Waals surface area contributed by atoms with E-state index >= 15 is 0 Å². The smallest absolute Gasteiger partial charge is 0.257 e. The van der Waals surface area contributed by atoms with Crippen LogP contribution in [0.3, 0.4) is 0 Å². The number of pyridine rings is 1. The molecule has 0 fully saturated rings. The zero-order valence-corrected chi connectivity index (χ0v) is 9.91. The summed E-state index contributed by atoms with van der Waals surface area (Å²) in [7, 11) is 0. The van der Waals surface area contributed by atoms with Gasteiger partial charge in [0.05, 0.1) is 0 Å². The highest BCUT2D eigenvalue weighted by Gasteiger charge is 2.06. The number of aromatic nitrogens is 1. The van der Waals surface area contributed by atoms with E-state index in [2.05, 4.69) is 18.2 Å². The van der Waals surface area contributed by atoms with E-state index in [1.165, 1.54) is 5.56 Å². The van der Waals surface area contributed by atoms with Crippen molar-refractivity contribution in [3.05, 3.63) is 66.0 Å². The molecule has 0 bridgehead atoms. The molecule has 2 rings (SSSR count). The van der Waals surface area contributed by atoms with Crippen LogP contribution >= 0.6 is 0 Å². The van der Waals surface area contributed by atoms with E-state index in [4.69, 9.17) is 4.84 Å². The highest BCUT2D eigenvalue weighted by Crippen LogP contribution is 2.04. The summed E-state index contributed by atoms with van der Waals surface area (Å²) < 4.78 is 1.78. The molecule has 1 heterocycles. The molecule has 17 heavy (non-hydrogen) atoms. The normalized spacial score (nSPS) is 10.6. The molecule has 2 heteroatoms. The summed E-state index contributed by atoms with van der Waals surface area (Å²) in [5, 5.41) is 0. The summed E-state index contributed by atoms with van der Waals surface area (Å²) in [5.41, 5.74) is 2.21. The van der Waals surface area contributed by atoms with Crippen LogP contribution in [0, 0.1) is 0 Å². The molecule has 0 aliphatic carbocycles. The Morgan fingerprint density at radius 3 is 2.53 bits per heavy atom. The Kier molecular flexibility index (Phi) is 3.92. The summed E-state index contributed by atoms with van der Waals surface area (Å²) in [4.78, 5) is 5.49. The van der Waals surface area contributed by atoms with Gasteiger partial charge in [0.2, 0.25) is 6.20 Å². The lowest BCUT2D eigenvalue weighted by molar-refractivity contribution is -0.892. The van der Waals surface area contributed by atoms with Crippen LogP contribution in [0.1, 0.15) is 18.2 Å². The third-order valence-electron chi connectivity index (χ3n) is 2.37. The summed E-state index contributed by atoms with van der Waals surface area (Å²) in [6.45, 7) is 2.63. The quantitative estimate of drug-likeness (QED) is 0.730. The Morgan fingerprint density at radius 1 is 1.00 bits per heavy atom. The first kappa shape index (κ1) is 11.4. The monoisotopic (exact) mass is 226 g/mol. The first-order valence-corrected chi connectivity index (χ1v) is 5.77. The van der Waals surface area contributed by atoms with Crippen molar-refractivity contribution >= 4 is 12.2 Å². The molecule has 2 aromatic rings. The minimum Gasteiger partial charge on any atom is -0.271 e. The van der Waals surface area contributed by atoms with Crippen LogP contribution in [0.15, 0.2) is 54.7 Å². The van der Waals surface area contributed by atoms with Crippen molar-refractivity contribution in [2.24, 2.45) is 0 Å². The van der Waals surface area contributed by atoms with E-state index in [1.807, 2.05) is 55.6 Å². The van der Waals surface area contributed by atoms with Gasteiger partial charge in [-0.15, -0.1) is 0 Å². The molecule has 0 N–H and O–H groups in total. The van der Waals surface area contributed by atoms with Crippen molar-refractivity contribution in [3.63, 3.8) is 0 Å². The Morgan fingerprint density at radius 2 is 1.76 bits per heavy atom. The van der Waals surface area contributed by atoms with E-state index in [1.54, 1.807) is 4.73 Å². The molecular formula is C15H16NO+. The zero-order valence-electron chi connectivity index (χ0n) is 9.91. The van der Waals surface area contributed by atoms with Crippen LogP contribution in [0.2, 0.25) is 0 Å². The van der Waals surface area contributed by atoms with E-state index in [0.717, 1.165) is 5.69 Å². The van der Waals surface area contributed by atoms with Crippen LogP contribution in [0.4, 0.5) is 0 Å². The minimum atomic E-state index is 0.654. The number of rotatable bonds is 4. The zero-order chi connectivity index (χ0) is 11.9. The predicted molar refractivity (Wildman–Crippen MR) is 69.1 cm³/mol. The summed E-state index contributed by atoms with van der Waals surface area (Å²) in [6, 6.07) is 16.2. The van der Waals surface area contributed by atoms with Crippen molar-refractivity contribution in [1.29, 1.82) is 0 Å². The summed E-state index contributed by atoms with van der Waals surface area (Å²) in [6.07, 6.45) is 6.03. The molecule has 0 unspecified atom stereocenters. The molecule has 0 spiro atoms. The van der Waals surface area contributed by atoms with Crippen molar-refractivity contribution < 1.29 is 9.57 Å². The lowest BCUT2D eigenvalue weighted by Crippen LogP contribution is -2.44. The Labute approximate surface area is 102 Å². The van der Waals surface area contributed by atoms with Crippen molar-refractivity contribution in [1.82, 2.24) is 0 Å². The fourth-order valence-corrected chi connectivity index (χ4v) is 1.57. The molecule has 1 aromatic heterocycles. The second-order valence-corrected chi connectivity index (χ2v) is 3.61. The van der Waals surface area contributed by atoms with Crippen LogP contribution in [-0.2, 0) is 0 Å². The molecule has 0 radical (unpaired) electrons. The first-order chi connectivity index (χ1) is 8.40. The fraction of sp³-hybridized carbons (Fsp3) is 0.133. The molecule has 0 aliphatic rings. The fourth-order valence-electron chi connectivity index (χ4n) is 1.57. The molecule has 0 atom stereocenters. The predicted octanol–water partition coefficient (Wildman–Crippen LogP) is 2.59. The van der Waals surface area contributed by atoms with Gasteiger partial charge in [0.1, 0.15) is 0 Å². The molecule has 0 saturated carbocycles. The van der Waals surface area contributed by atoms with Crippen molar-refractivity contribution in [2.45, 2.75) is 6.92 Å². The largest absolute Gasteiger partial charge is 0.271 e. The minimum absolute atomic E-state index is 0.654. The average molecular weight is 226 g/mol. The molecule has 0 aliphatic heterocycles. The third-order valence-corrected chi connectivity index (χ3v) is 2.37. The van der Waals surface area contributed by atoms with E-state index < -0.39 is 0 Å². The van der Waals surface area contributed by atoms with Crippen LogP contribution < -0.4 is 9.57 Å². The average Bonchev–Trinajstić information content (AvgIpc) is 2.39. The molecule has 0 amide bonds. The van der Waals surface area contributed by atoms with Gasteiger partial charge in [0.25, 0.3) is 5.69 Å². The van der Waals surface area contributed by atoms with Gasteiger partial charge < -0.3 is 0 Å². The van der Waals surface area contributed by atoms with Gasteiger partial charge in [0, 0.05) is 22.9 Å². The molecule has 2 nitrogen and oxygen atoms in total. The Balaban J connectivity index is 2.21. The lowest BCUT2D eigenvalue weighted by Gasteiger charge is -1.97. The van der Waals surface area contributed by atoms with E-state index in [9.17, 15) is 0 Å². The van der Waals surface area contributed by atoms with Gasteiger partial charge in [0.15, 0.2) is 6.61 Å². The van der Waals surface area contributed by atoms with Gasteiger partial charge in [-0.05, 0) is 24.6 Å². The van der Waals surface area contributed by atoms with Gasteiger partial charge in [-0.1, -0.05) is 30.3 Å². The first-order valence-electron chi connectivity index (χ1n) is 5.77. The second kappa shape index (κ2) is 5.85. The highest BCUT2D eigenvalue weighted by molar-refractivity contribution is 5.66. The molecule has 86 valence electrons. The van der Waals surface area contributed by atoms with Gasteiger partial charge in [-0.2, -0.15) is 0 Å². The van der Waals surface area contributed by atoms with Crippen LogP contribution in [-0.4, -0.2) is 6.61 Å². The molecule has 1 aromatic carbocycles. The van der Waals surface area contributed by atoms with Gasteiger partial charge >= 0.3 is 0 Å². The maximum Gasteiger partial charge on any atom is 0.257 e. The maximum atomic E-state index is 5.49. The van der Waals surface area contributed by atoms with E-state index in [0.29, 0.717) is 6.61 Å². The van der Waals surface area contributed by atoms with Crippen molar-refractivity contribution in [3.8, 4) is 0 Å². The number of nitrogens with zero attached hydrogens (tertiary/aromatic N) is 1. The van der Waals surface area contributed by atoms with E-state index in [-0.39, 0.29) is 0 Å². The van der Waals surface area contributed by atoms with Gasteiger partial charge in [-0.3, -0.25) is 4.84 Å². The number of hydrogen-bond acceptors (Lipinski definition) is 1. The maximum absolute atomic E-state index is 5.49. The Bertz CT molecular complexity index is 491. The third kappa shape index (κ3) is 3.18. The number of hydrogen-bond donors (Lipinski definition) is 0. The van der Waals surface area contributed by atoms with Crippen molar-refractivity contribution in [2.75, 3.05) is 6.61 Å². The lowest BCUT2D eigenvalue weighted by atomic mass is 10.2. The second-order valence-electron chi connectivity index (χ2n) is 3.61. The number of benzene rings is 1. The topological polar surface area (TPSA) is 13.1 Å². The standard InChI is InChI=1S/C15H16NO/c1-2-17-16-13-7-6-10-15(16)12-11-14-8-4-3-5-9-14/h3-13H,2H2,1H3/q+1. The van der Waals surface area contributed by atoms with Gasteiger partial charge in [-0.25, -0.2) is 0 Å². The highest BCUT2D eigenvalue weighted by atomic mass is 16.7. The van der Waals surface area contributed by atoms with Crippen LogP contribution in [0.25, 0.3) is 12.2 Å².